The van der Waals surface area contributed by atoms with Crippen molar-refractivity contribution in [3.8, 4) is 68.5 Å². The molecular formula is C100H162N8O16Si4. The first kappa shape index (κ1) is 106. The molecule has 0 amide bonds. The van der Waals surface area contributed by atoms with Crippen LogP contribution in [0.15, 0.2) is 72.8 Å². The first-order valence-electron chi connectivity index (χ1n) is 50.4. The summed E-state index contributed by atoms with van der Waals surface area (Å²) < 4.78 is 99.7. The lowest BCUT2D eigenvalue weighted by atomic mass is 10.1. The molecule has 0 aliphatic carbocycles. The number of H-pyrrole nitrogens is 2. The van der Waals surface area contributed by atoms with E-state index in [4.69, 9.17) is 102 Å². The normalized spacial score (nSPS) is 12.5. The molecule has 2 aliphatic rings. The molecule has 28 heteroatoms. The Morgan fingerprint density at radius 3 is 0.609 bits per heavy atom. The highest BCUT2D eigenvalue weighted by molar-refractivity contribution is 6.62. The van der Waals surface area contributed by atoms with E-state index in [-0.39, 0.29) is 0 Å². The zero-order valence-corrected chi connectivity index (χ0v) is 84.7. The number of nitrogens with zero attached hydrogens (tertiary/aromatic N) is 6. The summed E-state index contributed by atoms with van der Waals surface area (Å²) in [5, 5.41) is 3.40. The summed E-state index contributed by atoms with van der Waals surface area (Å²) in [6.07, 6.45) is 41.3. The molecule has 0 saturated heterocycles. The lowest BCUT2D eigenvalue weighted by molar-refractivity contribution is 0.0698. The van der Waals surface area contributed by atoms with Crippen LogP contribution in [-0.4, -0.2) is 181 Å². The highest BCUT2D eigenvalue weighted by Gasteiger charge is 2.43. The molecule has 0 radical (unpaired) electrons. The Kier molecular flexibility index (Phi) is 49.6. The van der Waals surface area contributed by atoms with Crippen molar-refractivity contribution in [2.45, 2.75) is 338 Å². The Morgan fingerprint density at radius 1 is 0.195 bits per heavy atom. The van der Waals surface area contributed by atoms with Gasteiger partial charge in [0.15, 0.2) is 23.3 Å². The van der Waals surface area contributed by atoms with Gasteiger partial charge in [-0.25, -0.2) is 29.9 Å². The lowest BCUT2D eigenvalue weighted by Crippen LogP contribution is -2.45. The summed E-state index contributed by atoms with van der Waals surface area (Å²) in [6, 6.07) is 28.3. The van der Waals surface area contributed by atoms with Gasteiger partial charge in [0.25, 0.3) is 0 Å². The number of nitrogens with one attached hydrogen (secondary N) is 2. The average Bonchev–Trinajstić information content (AvgIpc) is 1.59. The molecule has 3 aromatic heterocycles. The van der Waals surface area contributed by atoms with E-state index < -0.39 is 35.2 Å². The quantitative estimate of drug-likeness (QED) is 0.0265. The van der Waals surface area contributed by atoms with Crippen LogP contribution >= 0.6 is 0 Å². The van der Waals surface area contributed by atoms with E-state index in [1.807, 2.05) is 107 Å². The van der Waals surface area contributed by atoms with E-state index in [9.17, 15) is 0 Å². The molecule has 7 aromatic rings. The van der Waals surface area contributed by atoms with Crippen molar-refractivity contribution in [3.63, 3.8) is 0 Å². The molecular weight excluding hydrogens is 1680 g/mol. The maximum absolute atomic E-state index is 6.62. The van der Waals surface area contributed by atoms with Gasteiger partial charge in [0, 0.05) is 147 Å². The molecule has 0 atom stereocenters. The fourth-order valence-corrected chi connectivity index (χ4v) is 28.3. The van der Waals surface area contributed by atoms with Crippen molar-refractivity contribution < 1.29 is 72.1 Å². The summed E-state index contributed by atoms with van der Waals surface area (Å²) in [5.74, 6) is 5.02. The number of hydrogen-bond donors (Lipinski definition) is 2. The summed E-state index contributed by atoms with van der Waals surface area (Å²) in [6.45, 7) is 34.1. The molecule has 2 aliphatic heterocycles. The van der Waals surface area contributed by atoms with Crippen molar-refractivity contribution in [3.05, 3.63) is 72.8 Å². The molecule has 24 nitrogen and oxygen atoms in total. The largest absolute Gasteiger partial charge is 0.500 e. The van der Waals surface area contributed by atoms with E-state index in [1.54, 1.807) is 0 Å². The highest BCUT2D eigenvalue weighted by Crippen LogP contribution is 2.42. The average molecular weight is 1840 g/mol. The predicted octanol–water partition coefficient (Wildman–Crippen LogP) is 26.6. The number of unbranched alkanes of at least 4 members (excludes halogenated alkanes) is 32. The smallest absolute Gasteiger partial charge is 0.494 e. The van der Waals surface area contributed by atoms with E-state index in [0.717, 1.165) is 194 Å². The number of aromatic amines is 2. The van der Waals surface area contributed by atoms with Crippen LogP contribution in [0, 0.1) is 0 Å². The van der Waals surface area contributed by atoms with Gasteiger partial charge in [0.1, 0.15) is 45.6 Å². The van der Waals surface area contributed by atoms with Crippen molar-refractivity contribution in [2.75, 3.05) is 106 Å². The molecule has 4 aromatic carbocycles. The monoisotopic (exact) mass is 1840 g/mol. The van der Waals surface area contributed by atoms with Gasteiger partial charge in [-0.2, -0.15) is 0 Å². The van der Waals surface area contributed by atoms with Gasteiger partial charge >= 0.3 is 35.2 Å². The van der Waals surface area contributed by atoms with Gasteiger partial charge in [0.2, 0.25) is 0 Å². The van der Waals surface area contributed by atoms with Crippen LogP contribution < -0.4 is 18.9 Å². The van der Waals surface area contributed by atoms with Crippen LogP contribution in [0.3, 0.4) is 0 Å². The standard InChI is InChI=1S/C100H162N8O16Si4/c1-13-113-125(114-14-2,115-15-3)73-57-49-41-33-25-29-37-45-53-69-109-81-61-65-85-89(77-81)97-101-93(85)106-98-91-79-83(111-71-55-47-39-31-27-35-43-51-59-75-127(119-19-7,120-20-8)121-21-9)63-67-87(91)95(103-98)108-100-92-80-84(112-72-56-48-40-32-28-36-44-52-60-76-128(122-22-10,123-23-11)124-24-12)64-68-88(92)96(104-100)107-99-90-78-82(62-66-86(90)94(102-99)105-97)110-70-54-46-38-30-26-34-42-50-58-74-126(116-16-4,117-17-5)118-18-6/h61-68,77-80H,13-60,69-76H2,1-12H3,(H2,101,102,103,104,105,106,107,108). The predicted molar refractivity (Wildman–Crippen MR) is 526 cm³/mol. The van der Waals surface area contributed by atoms with Crippen LogP contribution in [0.2, 0.25) is 24.2 Å². The third-order valence-corrected chi connectivity index (χ3v) is 36.3. The zero-order valence-electron chi connectivity index (χ0n) is 80.7. The molecule has 9 rings (SSSR count). The van der Waals surface area contributed by atoms with Crippen LogP contribution in [0.4, 0.5) is 0 Å². The number of hydrogen-bond acceptors (Lipinski definition) is 22. The Balaban J connectivity index is 0.939. The van der Waals surface area contributed by atoms with Crippen molar-refractivity contribution in [1.29, 1.82) is 0 Å². The second-order valence-electron chi connectivity index (χ2n) is 33.5. The molecule has 128 heavy (non-hydrogen) atoms. The summed E-state index contributed by atoms with van der Waals surface area (Å²) in [7, 11) is -10.4. The number of benzene rings is 4. The lowest BCUT2D eigenvalue weighted by Gasteiger charge is -2.28. The van der Waals surface area contributed by atoms with E-state index in [1.165, 1.54) is 128 Å². The van der Waals surface area contributed by atoms with E-state index in [0.29, 0.717) is 152 Å². The molecule has 0 spiro atoms. The Hall–Kier alpha value is -6.17. The van der Waals surface area contributed by atoms with Crippen LogP contribution in [0.25, 0.3) is 89.7 Å². The number of rotatable bonds is 76. The van der Waals surface area contributed by atoms with Crippen LogP contribution in [0.5, 0.6) is 23.0 Å². The van der Waals surface area contributed by atoms with Gasteiger partial charge in [-0.3, -0.25) is 0 Å². The number of aromatic nitrogens is 8. The molecule has 714 valence electrons. The van der Waals surface area contributed by atoms with Gasteiger partial charge in [-0.1, -0.05) is 180 Å². The maximum Gasteiger partial charge on any atom is 0.500 e. The first-order valence-corrected chi connectivity index (χ1v) is 58.1. The molecule has 5 heterocycles. The highest BCUT2D eigenvalue weighted by atomic mass is 28.4. The second kappa shape index (κ2) is 60.2. The van der Waals surface area contributed by atoms with Crippen LogP contribution in [-0.2, 0) is 53.1 Å². The fourth-order valence-electron chi connectivity index (χ4n) is 17.6. The van der Waals surface area contributed by atoms with Gasteiger partial charge in [-0.15, -0.1) is 0 Å². The zero-order chi connectivity index (χ0) is 90.6. The SMILES string of the molecule is CCO[Si](CCCCCCCCCCCOc1ccc2c(c1)-c1nc-2nc2[nH]c(nc3nc(nc4[nH]c(n1)c1ccc(OCCCCCCCCCCC[Si](OCC)(OCC)OCC)cc41)-c1ccc(OCCCCCCCCCCC[Si](OCC)(OCC)OCC)cc1-3)c1ccc(OCCCCCCCCCCC[Si](OCC)(OCC)OCC)cc21)(OCC)OCC. The number of ether oxygens (including phenoxy) is 4. The summed E-state index contributed by atoms with van der Waals surface area (Å²) >= 11 is 0. The summed E-state index contributed by atoms with van der Waals surface area (Å²) in [4.78, 5) is 40.0. The summed E-state index contributed by atoms with van der Waals surface area (Å²) in [5.41, 5.74) is 5.65. The number of fused-ring (bicyclic) bond motifs is 20. The van der Waals surface area contributed by atoms with Gasteiger partial charge < -0.3 is 82.0 Å². The third-order valence-electron chi connectivity index (χ3n) is 23.7. The van der Waals surface area contributed by atoms with Crippen molar-refractivity contribution in [1.82, 2.24) is 39.9 Å². The minimum atomic E-state index is -2.59. The molecule has 0 saturated carbocycles. The minimum absolute atomic E-state index is 0.499. The molecule has 0 unspecified atom stereocenters. The van der Waals surface area contributed by atoms with Gasteiger partial charge in [-0.05, 0) is 207 Å². The van der Waals surface area contributed by atoms with E-state index in [2.05, 4.69) is 58.5 Å². The van der Waals surface area contributed by atoms with Crippen molar-refractivity contribution >= 4 is 79.4 Å². The third kappa shape index (κ3) is 34.4. The Bertz CT molecular complexity index is 4090. The topological polar surface area (TPSA) is 257 Å². The van der Waals surface area contributed by atoms with E-state index >= 15 is 0 Å². The maximum atomic E-state index is 6.62. The minimum Gasteiger partial charge on any atom is -0.494 e. The van der Waals surface area contributed by atoms with Gasteiger partial charge in [0.05, 0.1) is 26.4 Å². The fraction of sp³-hybridized carbons (Fsp3) is 0.680. The Labute approximate surface area is 772 Å². The molecule has 0 fully saturated rings. The van der Waals surface area contributed by atoms with Crippen molar-refractivity contribution in [2.24, 2.45) is 0 Å². The molecule has 2 N–H and O–H groups in total. The van der Waals surface area contributed by atoms with Crippen LogP contribution in [0.1, 0.15) is 314 Å². The second-order valence-corrected chi connectivity index (χ2v) is 44.4. The Morgan fingerprint density at radius 2 is 0.383 bits per heavy atom. The molecule has 8 bridgehead atoms. The first-order chi connectivity index (χ1) is 62.8.